The van der Waals surface area contributed by atoms with E-state index in [1.165, 1.54) is 18.5 Å². The molecule has 88 valence electrons. The number of nitrogens with two attached hydrogens (primary N) is 1. The number of hydrogen-bond acceptors (Lipinski definition) is 2. The Balaban J connectivity index is 1.97. The maximum atomic E-state index is 5.80. The van der Waals surface area contributed by atoms with Gasteiger partial charge in [0.25, 0.3) is 0 Å². The number of nitrogens with one attached hydrogen (secondary N) is 1. The first kappa shape index (κ1) is 11.3. The lowest BCUT2D eigenvalue weighted by molar-refractivity contribution is 0.380. The predicted octanol–water partition coefficient (Wildman–Crippen LogP) is 3.43. The van der Waals surface area contributed by atoms with Crippen LogP contribution >= 0.6 is 0 Å². The van der Waals surface area contributed by atoms with Crippen molar-refractivity contribution in [1.82, 2.24) is 0 Å². The summed E-state index contributed by atoms with van der Waals surface area (Å²) in [6.45, 7) is 7.79. The number of rotatable bonds is 4. The Morgan fingerprint density at radius 2 is 2.06 bits per heavy atom. The standard InChI is InChI=1S/C14H22N2/c1-10(2)14(6-7-14)9-16-12-4-5-13(15)11(3)8-12/h4-5,8,10,16H,6-7,9,15H2,1-3H3. The van der Waals surface area contributed by atoms with Crippen molar-refractivity contribution >= 4 is 11.4 Å². The van der Waals surface area contributed by atoms with Gasteiger partial charge >= 0.3 is 0 Å². The number of hydrogen-bond donors (Lipinski definition) is 2. The van der Waals surface area contributed by atoms with Crippen LogP contribution in [0, 0.1) is 18.3 Å². The van der Waals surface area contributed by atoms with Crippen molar-refractivity contribution < 1.29 is 0 Å². The van der Waals surface area contributed by atoms with Crippen LogP contribution in [0.1, 0.15) is 32.3 Å². The molecule has 0 atom stereocenters. The first-order chi connectivity index (χ1) is 7.53. The quantitative estimate of drug-likeness (QED) is 0.760. The molecule has 0 saturated heterocycles. The molecule has 1 saturated carbocycles. The van der Waals surface area contributed by atoms with Gasteiger partial charge in [0.1, 0.15) is 0 Å². The molecule has 2 nitrogen and oxygen atoms in total. The van der Waals surface area contributed by atoms with E-state index in [-0.39, 0.29) is 0 Å². The largest absolute Gasteiger partial charge is 0.399 e. The average molecular weight is 218 g/mol. The van der Waals surface area contributed by atoms with Crippen LogP contribution in [0.5, 0.6) is 0 Å². The molecule has 0 heterocycles. The second-order valence-corrected chi connectivity index (χ2v) is 5.44. The van der Waals surface area contributed by atoms with E-state index in [2.05, 4.69) is 38.2 Å². The highest BCUT2D eigenvalue weighted by molar-refractivity contribution is 5.56. The molecule has 0 radical (unpaired) electrons. The fourth-order valence-electron chi connectivity index (χ4n) is 2.18. The molecule has 0 aliphatic heterocycles. The molecule has 16 heavy (non-hydrogen) atoms. The van der Waals surface area contributed by atoms with E-state index in [9.17, 15) is 0 Å². The van der Waals surface area contributed by atoms with Gasteiger partial charge in [0, 0.05) is 17.9 Å². The topological polar surface area (TPSA) is 38.0 Å². The van der Waals surface area contributed by atoms with Gasteiger partial charge in [0.05, 0.1) is 0 Å². The molecule has 1 aromatic carbocycles. The lowest BCUT2D eigenvalue weighted by atomic mass is 9.92. The van der Waals surface area contributed by atoms with Crippen LogP contribution in [0.4, 0.5) is 11.4 Å². The number of benzene rings is 1. The van der Waals surface area contributed by atoms with Crippen LogP contribution in [0.15, 0.2) is 18.2 Å². The van der Waals surface area contributed by atoms with Crippen molar-refractivity contribution in [1.29, 1.82) is 0 Å². The van der Waals surface area contributed by atoms with Crippen LogP contribution < -0.4 is 11.1 Å². The zero-order chi connectivity index (χ0) is 11.8. The van der Waals surface area contributed by atoms with Crippen LogP contribution in [0.3, 0.4) is 0 Å². The van der Waals surface area contributed by atoms with Crippen LogP contribution in [0.25, 0.3) is 0 Å². The van der Waals surface area contributed by atoms with E-state index in [4.69, 9.17) is 5.73 Å². The smallest absolute Gasteiger partial charge is 0.0345 e. The minimum absolute atomic E-state index is 0.551. The summed E-state index contributed by atoms with van der Waals surface area (Å²) < 4.78 is 0. The lowest BCUT2D eigenvalue weighted by Crippen LogP contribution is -2.20. The van der Waals surface area contributed by atoms with E-state index >= 15 is 0 Å². The van der Waals surface area contributed by atoms with Gasteiger partial charge in [-0.05, 0) is 54.9 Å². The molecule has 3 N–H and O–H groups in total. The van der Waals surface area contributed by atoms with Gasteiger partial charge < -0.3 is 11.1 Å². The molecule has 0 bridgehead atoms. The van der Waals surface area contributed by atoms with Gasteiger partial charge in [-0.15, -0.1) is 0 Å². The first-order valence-electron chi connectivity index (χ1n) is 6.13. The van der Waals surface area contributed by atoms with Crippen molar-refractivity contribution in [3.05, 3.63) is 23.8 Å². The van der Waals surface area contributed by atoms with E-state index in [0.29, 0.717) is 5.41 Å². The zero-order valence-electron chi connectivity index (χ0n) is 10.5. The predicted molar refractivity (Wildman–Crippen MR) is 70.6 cm³/mol. The minimum atomic E-state index is 0.551. The highest BCUT2D eigenvalue weighted by Gasteiger charge is 2.44. The van der Waals surface area contributed by atoms with Crippen molar-refractivity contribution in [2.45, 2.75) is 33.6 Å². The van der Waals surface area contributed by atoms with Crippen molar-refractivity contribution in [3.63, 3.8) is 0 Å². The van der Waals surface area contributed by atoms with Crippen LogP contribution in [-0.4, -0.2) is 6.54 Å². The van der Waals surface area contributed by atoms with E-state index < -0.39 is 0 Å². The van der Waals surface area contributed by atoms with Gasteiger partial charge in [0.2, 0.25) is 0 Å². The highest BCUT2D eigenvalue weighted by Crippen LogP contribution is 2.51. The van der Waals surface area contributed by atoms with Gasteiger partial charge in [-0.25, -0.2) is 0 Å². The summed E-state index contributed by atoms with van der Waals surface area (Å²) in [6.07, 6.45) is 2.73. The third kappa shape index (κ3) is 2.16. The van der Waals surface area contributed by atoms with Gasteiger partial charge in [-0.2, -0.15) is 0 Å². The monoisotopic (exact) mass is 218 g/mol. The molecular formula is C14H22N2. The lowest BCUT2D eigenvalue weighted by Gasteiger charge is -2.21. The molecule has 0 spiro atoms. The van der Waals surface area contributed by atoms with Crippen molar-refractivity contribution in [2.24, 2.45) is 11.3 Å². The Morgan fingerprint density at radius 1 is 1.38 bits per heavy atom. The van der Waals surface area contributed by atoms with Crippen molar-refractivity contribution in [2.75, 3.05) is 17.6 Å². The molecule has 0 amide bonds. The zero-order valence-corrected chi connectivity index (χ0v) is 10.5. The fourth-order valence-corrected chi connectivity index (χ4v) is 2.18. The summed E-state index contributed by atoms with van der Waals surface area (Å²) in [7, 11) is 0. The summed E-state index contributed by atoms with van der Waals surface area (Å²) in [5.41, 5.74) is 9.57. The average Bonchev–Trinajstić information content (AvgIpc) is 3.01. The number of aryl methyl sites for hydroxylation is 1. The Bertz CT molecular complexity index is 378. The Kier molecular flexibility index (Phi) is 2.83. The molecule has 0 aromatic heterocycles. The second kappa shape index (κ2) is 4.00. The molecule has 1 aliphatic carbocycles. The molecule has 0 unspecified atom stereocenters. The molecule has 1 aliphatic rings. The molecule has 2 heteroatoms. The first-order valence-corrected chi connectivity index (χ1v) is 6.13. The third-order valence-electron chi connectivity index (χ3n) is 4.03. The van der Waals surface area contributed by atoms with Gasteiger partial charge in [-0.1, -0.05) is 13.8 Å². The van der Waals surface area contributed by atoms with Gasteiger partial charge in [-0.3, -0.25) is 0 Å². The third-order valence-corrected chi connectivity index (χ3v) is 4.03. The van der Waals surface area contributed by atoms with Crippen LogP contribution in [-0.2, 0) is 0 Å². The normalized spacial score (nSPS) is 17.5. The Morgan fingerprint density at radius 3 is 2.56 bits per heavy atom. The number of nitrogen functional groups attached to an aromatic ring is 1. The van der Waals surface area contributed by atoms with Crippen LogP contribution in [0.2, 0.25) is 0 Å². The molecule has 2 rings (SSSR count). The van der Waals surface area contributed by atoms with E-state index in [1.54, 1.807) is 0 Å². The highest BCUT2D eigenvalue weighted by atomic mass is 14.9. The fraction of sp³-hybridized carbons (Fsp3) is 0.571. The summed E-state index contributed by atoms with van der Waals surface area (Å²) in [6, 6.07) is 6.18. The van der Waals surface area contributed by atoms with Gasteiger partial charge in [0.15, 0.2) is 0 Å². The summed E-state index contributed by atoms with van der Waals surface area (Å²) in [4.78, 5) is 0. The maximum absolute atomic E-state index is 5.80. The Labute approximate surface area is 98.2 Å². The molecule has 1 aromatic rings. The summed E-state index contributed by atoms with van der Waals surface area (Å²) in [5.74, 6) is 0.773. The Hall–Kier alpha value is -1.18. The molecular weight excluding hydrogens is 196 g/mol. The van der Waals surface area contributed by atoms with Crippen molar-refractivity contribution in [3.8, 4) is 0 Å². The summed E-state index contributed by atoms with van der Waals surface area (Å²) >= 11 is 0. The minimum Gasteiger partial charge on any atom is -0.399 e. The summed E-state index contributed by atoms with van der Waals surface area (Å²) in [5, 5.41) is 3.54. The second-order valence-electron chi connectivity index (χ2n) is 5.44. The van der Waals surface area contributed by atoms with E-state index in [0.717, 1.165) is 23.7 Å². The SMILES string of the molecule is Cc1cc(NCC2(C(C)C)CC2)ccc1N. The van der Waals surface area contributed by atoms with E-state index in [1.807, 2.05) is 6.07 Å². The molecule has 1 fully saturated rings. The maximum Gasteiger partial charge on any atom is 0.0345 e. The number of anilines is 2.